The van der Waals surface area contributed by atoms with Crippen LogP contribution in [0.4, 0.5) is 5.00 Å². The minimum atomic E-state index is -0.571. The molecule has 2 N–H and O–H groups in total. The smallest absolute Gasteiger partial charge is 0.348 e. The lowest BCUT2D eigenvalue weighted by molar-refractivity contribution is 0.0530. The Morgan fingerprint density at radius 2 is 1.68 bits per heavy atom. The molecule has 1 atom stereocenters. The summed E-state index contributed by atoms with van der Waals surface area (Å²) in [5.41, 5.74) is 1.77. The number of morpholine rings is 1. The number of nitriles is 1. The number of anilines is 1. The van der Waals surface area contributed by atoms with Crippen molar-refractivity contribution < 1.29 is 24.5 Å². The number of ether oxygens (including phenoxy) is 2. The number of hydrogen-bond acceptors (Lipinski definition) is 8. The Labute approximate surface area is 241 Å². The van der Waals surface area contributed by atoms with Crippen LogP contribution in [0.3, 0.4) is 0 Å². The van der Waals surface area contributed by atoms with E-state index in [-0.39, 0.29) is 24.9 Å². The maximum Gasteiger partial charge on any atom is 0.348 e. The fourth-order valence-corrected chi connectivity index (χ4v) is 6.88. The Bertz CT molecular complexity index is 1760. The van der Waals surface area contributed by atoms with Crippen molar-refractivity contribution in [2.45, 2.75) is 19.4 Å². The third kappa shape index (κ3) is 4.75. The van der Waals surface area contributed by atoms with Crippen LogP contribution in [0.1, 0.15) is 39.2 Å². The molecule has 0 radical (unpaired) electrons. The minimum absolute atomic E-state index is 0.0799. The van der Waals surface area contributed by atoms with E-state index in [4.69, 9.17) is 9.47 Å². The number of nitrogens with zero attached hydrogens (tertiary/aromatic N) is 3. The van der Waals surface area contributed by atoms with Gasteiger partial charge in [-0.1, -0.05) is 54.6 Å². The third-order valence-corrected chi connectivity index (χ3v) is 8.85. The van der Waals surface area contributed by atoms with E-state index in [0.717, 1.165) is 16.3 Å². The number of rotatable bonds is 7. The normalized spacial score (nSPS) is 14.3. The van der Waals surface area contributed by atoms with Crippen molar-refractivity contribution in [2.75, 3.05) is 37.8 Å². The molecule has 0 amide bonds. The van der Waals surface area contributed by atoms with Crippen LogP contribution in [0.25, 0.3) is 21.5 Å². The van der Waals surface area contributed by atoms with E-state index < -0.39 is 11.9 Å². The van der Waals surface area contributed by atoms with E-state index in [2.05, 4.69) is 11.0 Å². The molecule has 1 unspecified atom stereocenters. The standard InChI is InChI=1S/C32H29N3O5S/c1-2-40-32(38)28-27(25(18-33)31(41-28)34-13-15-39-16-14-34)26(22-12-11-20-7-3-4-8-21(20)17-22)19-35-29(36)23-9-5-6-10-24(23)30(35)37/h3-12,17,26,36-37H,2,13-16,19H2,1H3. The monoisotopic (exact) mass is 567 g/mol. The molecule has 3 heterocycles. The summed E-state index contributed by atoms with van der Waals surface area (Å²) in [6.45, 7) is 4.28. The summed E-state index contributed by atoms with van der Waals surface area (Å²) in [5, 5.41) is 36.8. The van der Waals surface area contributed by atoms with Crippen molar-refractivity contribution >= 4 is 43.9 Å². The van der Waals surface area contributed by atoms with Gasteiger partial charge in [0.1, 0.15) is 15.9 Å². The highest BCUT2D eigenvalue weighted by Gasteiger charge is 2.34. The van der Waals surface area contributed by atoms with E-state index in [1.54, 1.807) is 31.2 Å². The molecule has 1 fully saturated rings. The Morgan fingerprint density at radius 1 is 1.02 bits per heavy atom. The molecule has 41 heavy (non-hydrogen) atoms. The van der Waals surface area contributed by atoms with Crippen molar-refractivity contribution in [1.29, 1.82) is 5.26 Å². The van der Waals surface area contributed by atoms with E-state index >= 15 is 0 Å². The van der Waals surface area contributed by atoms with Crippen LogP contribution in [-0.4, -0.2) is 53.7 Å². The van der Waals surface area contributed by atoms with Crippen LogP contribution >= 0.6 is 11.3 Å². The number of benzene rings is 3. The van der Waals surface area contributed by atoms with E-state index in [1.807, 2.05) is 42.5 Å². The second kappa shape index (κ2) is 11.2. The fraction of sp³-hybridized carbons (Fsp3) is 0.250. The van der Waals surface area contributed by atoms with Gasteiger partial charge in [0.05, 0.1) is 25.4 Å². The minimum Gasteiger partial charge on any atom is -0.494 e. The highest BCUT2D eigenvalue weighted by atomic mass is 32.1. The number of carbonyl (C=O) groups is 1. The van der Waals surface area contributed by atoms with Gasteiger partial charge >= 0.3 is 5.97 Å². The first kappa shape index (κ1) is 26.7. The molecular weight excluding hydrogens is 538 g/mol. The Balaban J connectivity index is 1.60. The van der Waals surface area contributed by atoms with Crippen LogP contribution < -0.4 is 4.90 Å². The zero-order chi connectivity index (χ0) is 28.5. The van der Waals surface area contributed by atoms with Crippen molar-refractivity contribution in [3.63, 3.8) is 0 Å². The van der Waals surface area contributed by atoms with Gasteiger partial charge in [-0.05, 0) is 35.4 Å². The second-order valence-corrected chi connectivity index (χ2v) is 10.9. The summed E-state index contributed by atoms with van der Waals surface area (Å²) in [5.74, 6) is -1.23. The number of thiophene rings is 1. The first-order valence-electron chi connectivity index (χ1n) is 13.6. The summed E-state index contributed by atoms with van der Waals surface area (Å²) < 4.78 is 12.5. The molecule has 2 aromatic heterocycles. The summed E-state index contributed by atoms with van der Waals surface area (Å²) in [4.78, 5) is 15.9. The van der Waals surface area contributed by atoms with Crippen LogP contribution in [0.15, 0.2) is 66.7 Å². The Hall–Kier alpha value is -4.52. The summed E-state index contributed by atoms with van der Waals surface area (Å²) >= 11 is 1.25. The predicted molar refractivity (Wildman–Crippen MR) is 159 cm³/mol. The van der Waals surface area contributed by atoms with Crippen molar-refractivity contribution in [3.05, 3.63) is 88.3 Å². The Morgan fingerprint density at radius 3 is 2.34 bits per heavy atom. The second-order valence-electron chi connectivity index (χ2n) is 9.92. The van der Waals surface area contributed by atoms with Crippen molar-refractivity contribution in [3.8, 4) is 17.8 Å². The molecule has 1 aliphatic rings. The lowest BCUT2D eigenvalue weighted by Crippen LogP contribution is -2.36. The highest BCUT2D eigenvalue weighted by molar-refractivity contribution is 7.18. The number of aromatic nitrogens is 1. The summed E-state index contributed by atoms with van der Waals surface area (Å²) in [7, 11) is 0. The maximum absolute atomic E-state index is 13.4. The molecule has 8 nitrogen and oxygen atoms in total. The topological polar surface area (TPSA) is 108 Å². The van der Waals surface area contributed by atoms with Crippen LogP contribution in [0.5, 0.6) is 11.8 Å². The highest BCUT2D eigenvalue weighted by Crippen LogP contribution is 2.46. The lowest BCUT2D eigenvalue weighted by atomic mass is 9.87. The quantitative estimate of drug-likeness (QED) is 0.233. The van der Waals surface area contributed by atoms with E-state index in [0.29, 0.717) is 58.1 Å². The van der Waals surface area contributed by atoms with Gasteiger partial charge < -0.3 is 24.6 Å². The number of carbonyl (C=O) groups excluding carboxylic acids is 1. The molecule has 9 heteroatoms. The van der Waals surface area contributed by atoms with Gasteiger partial charge in [-0.2, -0.15) is 5.26 Å². The first-order chi connectivity index (χ1) is 20.0. The Kier molecular flexibility index (Phi) is 7.26. The van der Waals surface area contributed by atoms with Crippen molar-refractivity contribution in [1.82, 2.24) is 4.57 Å². The number of aromatic hydroxyl groups is 2. The molecule has 6 rings (SSSR count). The lowest BCUT2D eigenvalue weighted by Gasteiger charge is -2.28. The largest absolute Gasteiger partial charge is 0.494 e. The summed E-state index contributed by atoms with van der Waals surface area (Å²) in [6, 6.07) is 23.5. The van der Waals surface area contributed by atoms with Gasteiger partial charge in [-0.25, -0.2) is 4.79 Å². The van der Waals surface area contributed by atoms with E-state index in [9.17, 15) is 20.3 Å². The molecule has 0 bridgehead atoms. The molecule has 5 aromatic rings. The molecule has 1 aliphatic heterocycles. The number of esters is 1. The molecule has 208 valence electrons. The molecule has 1 saturated heterocycles. The van der Waals surface area contributed by atoms with Crippen molar-refractivity contribution in [2.24, 2.45) is 0 Å². The average Bonchev–Trinajstić information content (AvgIpc) is 3.51. The zero-order valence-corrected chi connectivity index (χ0v) is 23.4. The van der Waals surface area contributed by atoms with Gasteiger partial charge in [0, 0.05) is 41.9 Å². The molecule has 0 aliphatic carbocycles. The van der Waals surface area contributed by atoms with Gasteiger partial charge in [-0.15, -0.1) is 11.3 Å². The third-order valence-electron chi connectivity index (χ3n) is 7.61. The molecule has 0 spiro atoms. The average molecular weight is 568 g/mol. The predicted octanol–water partition coefficient (Wildman–Crippen LogP) is 5.98. The van der Waals surface area contributed by atoms with Gasteiger partial charge in [0.15, 0.2) is 0 Å². The summed E-state index contributed by atoms with van der Waals surface area (Å²) in [6.07, 6.45) is 0. The zero-order valence-electron chi connectivity index (χ0n) is 22.5. The fourth-order valence-electron chi connectivity index (χ4n) is 5.62. The number of hydrogen-bond donors (Lipinski definition) is 2. The number of fused-ring (bicyclic) bond motifs is 2. The van der Waals surface area contributed by atoms with Gasteiger partial charge in [0.25, 0.3) is 0 Å². The SMILES string of the molecule is CCOC(=O)c1sc(N2CCOCC2)c(C#N)c1C(Cn1c(O)c2ccccc2c1O)c1ccc2ccccc2c1. The molecule has 0 saturated carbocycles. The van der Waals surface area contributed by atoms with E-state index in [1.165, 1.54) is 15.9 Å². The van der Waals surface area contributed by atoms with Gasteiger partial charge in [-0.3, -0.25) is 4.57 Å². The van der Waals surface area contributed by atoms with Gasteiger partial charge in [0.2, 0.25) is 11.8 Å². The molecule has 3 aromatic carbocycles. The van der Waals surface area contributed by atoms with Crippen LogP contribution in [-0.2, 0) is 16.0 Å². The van der Waals surface area contributed by atoms with Crippen LogP contribution in [0.2, 0.25) is 0 Å². The van der Waals surface area contributed by atoms with Crippen LogP contribution in [0, 0.1) is 11.3 Å². The first-order valence-corrected chi connectivity index (χ1v) is 14.4. The maximum atomic E-state index is 13.4. The molecular formula is C32H29N3O5S.